The number of hydrogen-bond acceptors (Lipinski definition) is 9. The Bertz CT molecular complexity index is 394. The molecule has 0 radical (unpaired) electrons. The van der Waals surface area contributed by atoms with Crippen molar-refractivity contribution in [3.8, 4) is 0 Å². The van der Waals surface area contributed by atoms with Crippen LogP contribution in [0.3, 0.4) is 0 Å². The molecule has 22 heavy (non-hydrogen) atoms. The van der Waals surface area contributed by atoms with E-state index in [9.17, 15) is 19.5 Å². The number of hydrogen-bond donors (Lipinski definition) is 5. The average molecular weight is 357 g/mol. The van der Waals surface area contributed by atoms with Crippen LogP contribution in [0.15, 0.2) is 5.16 Å². The van der Waals surface area contributed by atoms with Gasteiger partial charge in [0.25, 0.3) is 0 Å². The molecule has 1 saturated heterocycles. The average Bonchev–Trinajstić information content (AvgIpc) is 2.50. The molecular weight excluding hydrogens is 334 g/mol. The monoisotopic (exact) mass is 357 g/mol. The number of ether oxygens (including phenoxy) is 1. The summed E-state index contributed by atoms with van der Waals surface area (Å²) < 4.78 is 16.3. The summed E-state index contributed by atoms with van der Waals surface area (Å²) in [5.41, 5.74) is -0.957. The van der Waals surface area contributed by atoms with Gasteiger partial charge in [-0.05, 0) is 19.3 Å². The first kappa shape index (κ1) is 19.8. The second kappa shape index (κ2) is 9.81. The van der Waals surface area contributed by atoms with Crippen molar-refractivity contribution in [2.45, 2.75) is 49.1 Å². The van der Waals surface area contributed by atoms with Gasteiger partial charge in [0, 0.05) is 22.8 Å². The molecule has 10 heteroatoms. The molecule has 0 aromatic rings. The van der Waals surface area contributed by atoms with Crippen molar-refractivity contribution >= 4 is 27.6 Å². The smallest absolute Gasteiger partial charge is 0.138 e. The third-order valence-electron chi connectivity index (χ3n) is 3.28. The first-order valence-corrected chi connectivity index (χ1v) is 9.49. The zero-order chi connectivity index (χ0) is 16.7. The highest BCUT2D eigenvalue weighted by Crippen LogP contribution is 2.30. The topological polar surface area (TPSA) is 140 Å². The minimum absolute atomic E-state index is 0.297. The normalized spacial score (nSPS) is 34.6. The summed E-state index contributed by atoms with van der Waals surface area (Å²) in [6.45, 7) is -0.504. The lowest BCUT2D eigenvalue weighted by atomic mass is 10.0. The molecule has 8 nitrogen and oxygen atoms in total. The van der Waals surface area contributed by atoms with Gasteiger partial charge in [0.1, 0.15) is 34.9 Å². The number of rotatable bonds is 7. The second-order valence-corrected chi connectivity index (χ2v) is 7.77. The van der Waals surface area contributed by atoms with Crippen LogP contribution >= 0.6 is 11.8 Å². The first-order chi connectivity index (χ1) is 10.4. The van der Waals surface area contributed by atoms with E-state index in [0.29, 0.717) is 30.1 Å². The summed E-state index contributed by atoms with van der Waals surface area (Å²) in [7, 11) is -0.871. The van der Waals surface area contributed by atoms with Crippen molar-refractivity contribution in [1.82, 2.24) is 0 Å². The Labute approximate surface area is 135 Å². The standard InChI is InChI=1S/C12H23NO7S2/c1-22(19)5-3-2-4-8(13-18)21-12-11(17)10(16)9(15)7(6-14)20-12/h7,9-12,14-18H,2-6H2,1H3/t7-,9-,10+,11-,12+,22?/m1/s1. The number of aliphatic hydroxyl groups excluding tert-OH is 4. The van der Waals surface area contributed by atoms with Crippen molar-refractivity contribution in [3.05, 3.63) is 0 Å². The van der Waals surface area contributed by atoms with Crippen LogP contribution in [0.1, 0.15) is 19.3 Å². The van der Waals surface area contributed by atoms with Crippen LogP contribution in [0.25, 0.3) is 0 Å². The molecule has 1 unspecified atom stereocenters. The fraction of sp³-hybridized carbons (Fsp3) is 0.917. The van der Waals surface area contributed by atoms with Crippen molar-refractivity contribution in [1.29, 1.82) is 0 Å². The Balaban J connectivity index is 2.53. The molecular formula is C12H23NO7S2. The number of thioether (sulfide) groups is 1. The maximum atomic E-state index is 11.0. The molecule has 1 aliphatic heterocycles. The SMILES string of the molecule is CS(=O)CCCCC(=NO)S[C@@H]1O[C@H](CO)[C@@H](O)[C@H](O)[C@H]1O. The predicted molar refractivity (Wildman–Crippen MR) is 83.4 cm³/mol. The Kier molecular flexibility index (Phi) is 8.83. The van der Waals surface area contributed by atoms with E-state index >= 15 is 0 Å². The Morgan fingerprint density at radius 1 is 1.23 bits per heavy atom. The van der Waals surface area contributed by atoms with Crippen LogP contribution in [0.5, 0.6) is 0 Å². The van der Waals surface area contributed by atoms with Crippen LogP contribution in [0.2, 0.25) is 0 Å². The third-order valence-corrected chi connectivity index (χ3v) is 5.33. The summed E-state index contributed by atoms with van der Waals surface area (Å²) in [5.74, 6) is 0.559. The van der Waals surface area contributed by atoms with E-state index in [4.69, 9.17) is 15.1 Å². The van der Waals surface area contributed by atoms with Crippen LogP contribution < -0.4 is 0 Å². The fourth-order valence-corrected chi connectivity index (χ4v) is 3.70. The maximum absolute atomic E-state index is 11.0. The molecule has 0 amide bonds. The van der Waals surface area contributed by atoms with Gasteiger partial charge in [-0.3, -0.25) is 4.21 Å². The summed E-state index contributed by atoms with van der Waals surface area (Å²) in [4.78, 5) is 0. The number of oxime groups is 1. The Morgan fingerprint density at radius 3 is 2.45 bits per heavy atom. The largest absolute Gasteiger partial charge is 0.410 e. The summed E-state index contributed by atoms with van der Waals surface area (Å²) in [6.07, 6.45) is -1.84. The van der Waals surface area contributed by atoms with E-state index in [0.717, 1.165) is 11.8 Å². The maximum Gasteiger partial charge on any atom is 0.138 e. The van der Waals surface area contributed by atoms with Gasteiger partial charge in [0.2, 0.25) is 0 Å². The number of aliphatic hydroxyl groups is 4. The van der Waals surface area contributed by atoms with Crippen LogP contribution in [-0.4, -0.2) is 83.4 Å². The quantitative estimate of drug-likeness (QED) is 0.127. The van der Waals surface area contributed by atoms with Crippen LogP contribution in [0, 0.1) is 0 Å². The van der Waals surface area contributed by atoms with Crippen molar-refractivity contribution in [2.24, 2.45) is 5.16 Å². The first-order valence-electron chi connectivity index (χ1n) is 6.88. The summed E-state index contributed by atoms with van der Waals surface area (Å²) >= 11 is 0.927. The highest BCUT2D eigenvalue weighted by atomic mass is 32.2. The lowest BCUT2D eigenvalue weighted by molar-refractivity contribution is -0.205. The van der Waals surface area contributed by atoms with Crippen molar-refractivity contribution in [2.75, 3.05) is 18.6 Å². The molecule has 1 heterocycles. The van der Waals surface area contributed by atoms with E-state index in [-0.39, 0.29) is 0 Å². The molecule has 130 valence electrons. The molecule has 0 spiro atoms. The molecule has 0 aromatic heterocycles. The Morgan fingerprint density at radius 2 is 1.91 bits per heavy atom. The van der Waals surface area contributed by atoms with E-state index in [1.807, 2.05) is 0 Å². The molecule has 0 aliphatic carbocycles. The number of nitrogens with zero attached hydrogens (tertiary/aromatic N) is 1. The lowest BCUT2D eigenvalue weighted by Gasteiger charge is -2.39. The highest BCUT2D eigenvalue weighted by Gasteiger charge is 2.44. The molecule has 1 aliphatic rings. The molecule has 6 atom stereocenters. The lowest BCUT2D eigenvalue weighted by Crippen LogP contribution is -2.57. The minimum Gasteiger partial charge on any atom is -0.410 e. The molecule has 5 N–H and O–H groups in total. The molecule has 0 bridgehead atoms. The van der Waals surface area contributed by atoms with Gasteiger partial charge in [0.15, 0.2) is 0 Å². The summed E-state index contributed by atoms with van der Waals surface area (Å²) in [5, 5.41) is 50.8. The van der Waals surface area contributed by atoms with Crippen LogP contribution in [-0.2, 0) is 15.5 Å². The van der Waals surface area contributed by atoms with Crippen molar-refractivity contribution < 1.29 is 34.6 Å². The predicted octanol–water partition coefficient (Wildman–Crippen LogP) is -1.14. The third kappa shape index (κ3) is 5.76. The fourth-order valence-electron chi connectivity index (χ4n) is 2.01. The Hall–Kier alpha value is -0.230. The molecule has 0 saturated carbocycles. The minimum atomic E-state index is -1.45. The zero-order valence-corrected chi connectivity index (χ0v) is 13.9. The van der Waals surface area contributed by atoms with E-state index in [2.05, 4.69) is 5.16 Å². The molecule has 1 rings (SSSR count). The number of unbranched alkanes of at least 4 members (excludes halogenated alkanes) is 1. The van der Waals surface area contributed by atoms with E-state index in [1.54, 1.807) is 6.26 Å². The molecule has 0 aromatic carbocycles. The van der Waals surface area contributed by atoms with Gasteiger partial charge in [-0.1, -0.05) is 16.9 Å². The summed E-state index contributed by atoms with van der Waals surface area (Å²) in [6, 6.07) is 0. The van der Waals surface area contributed by atoms with Gasteiger partial charge in [-0.25, -0.2) is 0 Å². The highest BCUT2D eigenvalue weighted by molar-refractivity contribution is 8.14. The van der Waals surface area contributed by atoms with Crippen LogP contribution in [0.4, 0.5) is 0 Å². The van der Waals surface area contributed by atoms with Gasteiger partial charge >= 0.3 is 0 Å². The van der Waals surface area contributed by atoms with Gasteiger partial charge in [-0.2, -0.15) is 0 Å². The molecule has 1 fully saturated rings. The van der Waals surface area contributed by atoms with Crippen molar-refractivity contribution in [3.63, 3.8) is 0 Å². The van der Waals surface area contributed by atoms with Gasteiger partial charge in [0.05, 0.1) is 6.61 Å². The zero-order valence-electron chi connectivity index (χ0n) is 12.2. The van der Waals surface area contributed by atoms with Gasteiger partial charge in [-0.15, -0.1) is 0 Å². The van der Waals surface area contributed by atoms with E-state index < -0.39 is 47.3 Å². The second-order valence-electron chi connectivity index (χ2n) is 5.04. The van der Waals surface area contributed by atoms with Gasteiger partial charge < -0.3 is 30.4 Å². The van der Waals surface area contributed by atoms with E-state index in [1.165, 1.54) is 0 Å².